The summed E-state index contributed by atoms with van der Waals surface area (Å²) in [4.78, 5) is 14.9. The molecule has 0 saturated carbocycles. The van der Waals surface area contributed by atoms with Crippen LogP contribution in [0.4, 0.5) is 5.69 Å². The van der Waals surface area contributed by atoms with Crippen LogP contribution in [0.5, 0.6) is 5.75 Å². The smallest absolute Gasteiger partial charge is 0.248 e. The summed E-state index contributed by atoms with van der Waals surface area (Å²) >= 11 is 0. The second kappa shape index (κ2) is 10.8. The quantitative estimate of drug-likeness (QED) is 0.471. The van der Waals surface area contributed by atoms with Crippen molar-refractivity contribution >= 4 is 17.7 Å². The lowest BCUT2D eigenvalue weighted by atomic mass is 10.0. The molecule has 1 amide bonds. The van der Waals surface area contributed by atoms with Crippen LogP contribution in [0.3, 0.4) is 0 Å². The summed E-state index contributed by atoms with van der Waals surface area (Å²) in [6.45, 7) is 3.35. The van der Waals surface area contributed by atoms with E-state index in [1.54, 1.807) is 13.2 Å². The number of rotatable bonds is 7. The molecule has 3 aromatic carbocycles. The third-order valence-corrected chi connectivity index (χ3v) is 5.81. The van der Waals surface area contributed by atoms with Crippen LogP contribution in [0.25, 0.3) is 17.2 Å². The van der Waals surface area contributed by atoms with Gasteiger partial charge in [0.2, 0.25) is 5.91 Å². The largest absolute Gasteiger partial charge is 0.497 e. The highest BCUT2D eigenvalue weighted by Gasteiger charge is 2.10. The molecular formula is C28H30N2O2. The monoisotopic (exact) mass is 426 g/mol. The van der Waals surface area contributed by atoms with E-state index in [0.717, 1.165) is 34.7 Å². The van der Waals surface area contributed by atoms with Gasteiger partial charge >= 0.3 is 0 Å². The Morgan fingerprint density at radius 2 is 1.69 bits per heavy atom. The highest BCUT2D eigenvalue weighted by molar-refractivity contribution is 6.02. The number of piperidine rings is 1. The molecule has 1 fully saturated rings. The molecule has 4 heteroatoms. The molecule has 0 bridgehead atoms. The first-order valence-corrected chi connectivity index (χ1v) is 11.2. The van der Waals surface area contributed by atoms with Gasteiger partial charge in [-0.1, -0.05) is 48.9 Å². The fourth-order valence-electron chi connectivity index (χ4n) is 4.03. The average Bonchev–Trinajstić information content (AvgIpc) is 2.85. The number of methoxy groups -OCH3 is 1. The van der Waals surface area contributed by atoms with Crippen molar-refractivity contribution in [3.8, 4) is 16.9 Å². The molecule has 1 heterocycles. The maximum Gasteiger partial charge on any atom is 0.248 e. The number of hydrogen-bond acceptors (Lipinski definition) is 3. The third kappa shape index (κ3) is 6.08. The lowest BCUT2D eigenvalue weighted by Gasteiger charge is -2.26. The van der Waals surface area contributed by atoms with Crippen molar-refractivity contribution in [2.75, 3.05) is 25.5 Å². The van der Waals surface area contributed by atoms with Gasteiger partial charge in [-0.05, 0) is 84.6 Å². The summed E-state index contributed by atoms with van der Waals surface area (Å²) in [5, 5.41) is 2.95. The Hall–Kier alpha value is -3.37. The number of carbonyl (C=O) groups excluding carboxylic acids is 1. The normalized spacial score (nSPS) is 14.4. The van der Waals surface area contributed by atoms with Gasteiger partial charge in [-0.15, -0.1) is 0 Å². The van der Waals surface area contributed by atoms with Crippen molar-refractivity contribution < 1.29 is 9.53 Å². The second-order valence-electron chi connectivity index (χ2n) is 8.21. The van der Waals surface area contributed by atoms with E-state index >= 15 is 0 Å². The van der Waals surface area contributed by atoms with E-state index in [-0.39, 0.29) is 5.91 Å². The van der Waals surface area contributed by atoms with Gasteiger partial charge in [0.05, 0.1) is 7.11 Å². The van der Waals surface area contributed by atoms with Crippen LogP contribution in [0, 0.1) is 0 Å². The molecule has 1 aliphatic rings. The van der Waals surface area contributed by atoms with Crippen molar-refractivity contribution in [3.63, 3.8) is 0 Å². The standard InChI is InChI=1S/C28H30N2O2/c1-32-27-15-11-24(12-16-27)25-7-5-6-22(20-25)10-17-28(31)29-26-13-8-23(9-14-26)21-30-18-3-2-4-19-30/h5-17,20H,2-4,18-19,21H2,1H3,(H,29,31)/b17-10+. The van der Waals surface area contributed by atoms with E-state index < -0.39 is 0 Å². The van der Waals surface area contributed by atoms with Gasteiger partial charge in [-0.3, -0.25) is 9.69 Å². The van der Waals surface area contributed by atoms with E-state index in [2.05, 4.69) is 34.5 Å². The van der Waals surface area contributed by atoms with E-state index in [1.807, 2.05) is 54.6 Å². The number of benzene rings is 3. The van der Waals surface area contributed by atoms with Crippen LogP contribution in [0.15, 0.2) is 78.9 Å². The SMILES string of the molecule is COc1ccc(-c2cccc(/C=C/C(=O)Nc3ccc(CN4CCCCC4)cc3)c2)cc1. The summed E-state index contributed by atoms with van der Waals surface area (Å²) in [6, 6.07) is 24.2. The van der Waals surface area contributed by atoms with Crippen molar-refractivity contribution in [2.24, 2.45) is 0 Å². The maximum absolute atomic E-state index is 12.4. The lowest BCUT2D eigenvalue weighted by molar-refractivity contribution is -0.111. The van der Waals surface area contributed by atoms with Gasteiger partial charge in [0.1, 0.15) is 5.75 Å². The first-order valence-electron chi connectivity index (χ1n) is 11.2. The Bertz CT molecular complexity index is 1050. The number of ether oxygens (including phenoxy) is 1. The summed E-state index contributed by atoms with van der Waals surface area (Å²) in [5.74, 6) is 0.699. The summed E-state index contributed by atoms with van der Waals surface area (Å²) < 4.78 is 5.23. The molecule has 1 saturated heterocycles. The third-order valence-electron chi connectivity index (χ3n) is 5.81. The first-order chi connectivity index (χ1) is 15.7. The minimum atomic E-state index is -0.136. The fourth-order valence-corrected chi connectivity index (χ4v) is 4.03. The Kier molecular flexibility index (Phi) is 7.36. The van der Waals surface area contributed by atoms with Crippen molar-refractivity contribution in [1.82, 2.24) is 4.90 Å². The van der Waals surface area contributed by atoms with Crippen LogP contribution in [0.1, 0.15) is 30.4 Å². The number of nitrogens with zero attached hydrogens (tertiary/aromatic N) is 1. The molecule has 4 nitrogen and oxygen atoms in total. The Labute approximate surface area is 190 Å². The molecule has 0 unspecified atom stereocenters. The molecular weight excluding hydrogens is 396 g/mol. The molecule has 1 N–H and O–H groups in total. The zero-order chi connectivity index (χ0) is 22.2. The number of nitrogens with one attached hydrogen (secondary N) is 1. The predicted molar refractivity (Wildman–Crippen MR) is 132 cm³/mol. The van der Waals surface area contributed by atoms with Gasteiger partial charge in [0.25, 0.3) is 0 Å². The minimum Gasteiger partial charge on any atom is -0.497 e. The van der Waals surface area contributed by atoms with Gasteiger partial charge in [0, 0.05) is 18.3 Å². The molecule has 0 aliphatic carbocycles. The predicted octanol–water partition coefficient (Wildman–Crippen LogP) is 6.00. The van der Waals surface area contributed by atoms with Crippen molar-refractivity contribution in [1.29, 1.82) is 0 Å². The summed E-state index contributed by atoms with van der Waals surface area (Å²) in [7, 11) is 1.66. The van der Waals surface area contributed by atoms with Crippen LogP contribution < -0.4 is 10.1 Å². The van der Waals surface area contributed by atoms with Crippen LogP contribution in [0.2, 0.25) is 0 Å². The maximum atomic E-state index is 12.4. The van der Waals surface area contributed by atoms with E-state index in [0.29, 0.717) is 0 Å². The van der Waals surface area contributed by atoms with Gasteiger partial charge in [-0.2, -0.15) is 0 Å². The van der Waals surface area contributed by atoms with Gasteiger partial charge in [-0.25, -0.2) is 0 Å². The topological polar surface area (TPSA) is 41.6 Å². The van der Waals surface area contributed by atoms with Crippen molar-refractivity contribution in [3.05, 3.63) is 90.0 Å². The zero-order valence-electron chi connectivity index (χ0n) is 18.6. The van der Waals surface area contributed by atoms with Gasteiger partial charge < -0.3 is 10.1 Å². The van der Waals surface area contributed by atoms with E-state index in [9.17, 15) is 4.79 Å². The fraction of sp³-hybridized carbons (Fsp3) is 0.250. The molecule has 0 aromatic heterocycles. The highest BCUT2D eigenvalue weighted by atomic mass is 16.5. The molecule has 0 atom stereocenters. The molecule has 32 heavy (non-hydrogen) atoms. The summed E-state index contributed by atoms with van der Waals surface area (Å²) in [5.41, 5.74) is 5.28. The molecule has 0 spiro atoms. The van der Waals surface area contributed by atoms with Crippen LogP contribution in [-0.2, 0) is 11.3 Å². The number of likely N-dealkylation sites (tertiary alicyclic amines) is 1. The second-order valence-corrected chi connectivity index (χ2v) is 8.21. The highest BCUT2D eigenvalue weighted by Crippen LogP contribution is 2.23. The van der Waals surface area contributed by atoms with E-state index in [4.69, 9.17) is 4.74 Å². The molecule has 0 radical (unpaired) electrons. The summed E-state index contributed by atoms with van der Waals surface area (Å²) in [6.07, 6.45) is 7.36. The number of carbonyl (C=O) groups is 1. The molecule has 3 aromatic rings. The number of hydrogen-bond donors (Lipinski definition) is 1. The Balaban J connectivity index is 1.34. The van der Waals surface area contributed by atoms with Crippen LogP contribution in [-0.4, -0.2) is 31.0 Å². The van der Waals surface area contributed by atoms with Gasteiger partial charge in [0.15, 0.2) is 0 Å². The molecule has 164 valence electrons. The Morgan fingerprint density at radius 1 is 0.938 bits per heavy atom. The van der Waals surface area contributed by atoms with Crippen molar-refractivity contribution in [2.45, 2.75) is 25.8 Å². The average molecular weight is 427 g/mol. The molecule has 1 aliphatic heterocycles. The lowest BCUT2D eigenvalue weighted by Crippen LogP contribution is -2.29. The Morgan fingerprint density at radius 3 is 2.41 bits per heavy atom. The minimum absolute atomic E-state index is 0.136. The number of anilines is 1. The van der Waals surface area contributed by atoms with E-state index in [1.165, 1.54) is 37.9 Å². The zero-order valence-corrected chi connectivity index (χ0v) is 18.6. The molecule has 4 rings (SSSR count). The van der Waals surface area contributed by atoms with Crippen LogP contribution >= 0.6 is 0 Å². The first kappa shape index (κ1) is 21.8. The number of amides is 1.